The summed E-state index contributed by atoms with van der Waals surface area (Å²) in [5, 5.41) is 4.12. The number of carbonyl (C=O) groups excluding carboxylic acids is 2. The van der Waals surface area contributed by atoms with E-state index in [2.05, 4.69) is 15.0 Å². The summed E-state index contributed by atoms with van der Waals surface area (Å²) in [6.45, 7) is 3.24. The normalized spacial score (nSPS) is 19.6. The van der Waals surface area contributed by atoms with Crippen molar-refractivity contribution in [3.8, 4) is 22.9 Å². The quantitative estimate of drug-likeness (QED) is 0.561. The fraction of sp³-hybridized carbons (Fsp3) is 0.583. The standard InChI is InChI=1S/C24H32N4O6/c1-31-19-7-6-17(13-20(19)32-2)22-25-21(34-26-22)15-27-10-4-5-18(14-27)23(29)28-11-8-16(9-12-28)24(30)33-3/h6-7,13,16,18H,4-5,8-12,14-15H2,1-3H3. The number of aromatic nitrogens is 2. The Balaban J connectivity index is 1.34. The lowest BCUT2D eigenvalue weighted by Crippen LogP contribution is -2.47. The van der Waals surface area contributed by atoms with E-state index in [4.69, 9.17) is 18.7 Å². The Labute approximate surface area is 199 Å². The highest BCUT2D eigenvalue weighted by atomic mass is 16.5. The minimum Gasteiger partial charge on any atom is -0.493 e. The molecule has 1 aromatic heterocycles. The molecule has 184 valence electrons. The molecule has 3 heterocycles. The van der Waals surface area contributed by atoms with Crippen molar-refractivity contribution in [2.75, 3.05) is 47.5 Å². The molecule has 1 atom stereocenters. The molecule has 0 saturated carbocycles. The Morgan fingerprint density at radius 3 is 2.50 bits per heavy atom. The SMILES string of the molecule is COC(=O)C1CCN(C(=O)C2CCCN(Cc3nc(-c4ccc(OC)c(OC)c4)no3)C2)CC1. The summed E-state index contributed by atoms with van der Waals surface area (Å²) < 4.78 is 21.0. The molecule has 0 spiro atoms. The van der Waals surface area contributed by atoms with Crippen LogP contribution in [0.2, 0.25) is 0 Å². The molecule has 2 aliphatic rings. The lowest BCUT2D eigenvalue weighted by Gasteiger charge is -2.37. The van der Waals surface area contributed by atoms with E-state index in [1.165, 1.54) is 7.11 Å². The Bertz CT molecular complexity index is 1000. The monoisotopic (exact) mass is 472 g/mol. The van der Waals surface area contributed by atoms with Crippen LogP contribution in [-0.2, 0) is 20.9 Å². The number of methoxy groups -OCH3 is 3. The van der Waals surface area contributed by atoms with Gasteiger partial charge in [-0.2, -0.15) is 4.98 Å². The molecule has 2 aliphatic heterocycles. The number of nitrogens with zero attached hydrogens (tertiary/aromatic N) is 4. The van der Waals surface area contributed by atoms with E-state index in [9.17, 15) is 9.59 Å². The van der Waals surface area contributed by atoms with E-state index < -0.39 is 0 Å². The predicted octanol–water partition coefficient (Wildman–Crippen LogP) is 2.38. The number of rotatable bonds is 7. The second-order valence-electron chi connectivity index (χ2n) is 8.78. The molecule has 1 unspecified atom stereocenters. The molecule has 2 saturated heterocycles. The second kappa shape index (κ2) is 10.9. The zero-order valence-electron chi connectivity index (χ0n) is 20.0. The number of amides is 1. The van der Waals surface area contributed by atoms with E-state index in [1.807, 2.05) is 17.0 Å². The predicted molar refractivity (Wildman–Crippen MR) is 122 cm³/mol. The Kier molecular flexibility index (Phi) is 7.66. The molecule has 1 aromatic carbocycles. The average Bonchev–Trinajstić information content (AvgIpc) is 3.36. The number of hydrogen-bond acceptors (Lipinski definition) is 9. The van der Waals surface area contributed by atoms with Crippen LogP contribution in [0.1, 0.15) is 31.6 Å². The van der Waals surface area contributed by atoms with Crippen molar-refractivity contribution in [2.45, 2.75) is 32.2 Å². The molecule has 10 heteroatoms. The van der Waals surface area contributed by atoms with Gasteiger partial charge in [0.15, 0.2) is 11.5 Å². The van der Waals surface area contributed by atoms with Gasteiger partial charge in [-0.3, -0.25) is 14.5 Å². The fourth-order valence-corrected chi connectivity index (χ4v) is 4.76. The summed E-state index contributed by atoms with van der Waals surface area (Å²) in [6, 6.07) is 5.47. The van der Waals surface area contributed by atoms with Crippen molar-refractivity contribution in [1.82, 2.24) is 19.9 Å². The number of hydrogen-bond donors (Lipinski definition) is 0. The van der Waals surface area contributed by atoms with Gasteiger partial charge >= 0.3 is 5.97 Å². The minimum absolute atomic E-state index is 0.0586. The molecule has 0 aliphatic carbocycles. The average molecular weight is 473 g/mol. The van der Waals surface area contributed by atoms with Crippen LogP contribution in [0, 0.1) is 11.8 Å². The van der Waals surface area contributed by atoms with Gasteiger partial charge in [0.05, 0.1) is 39.7 Å². The summed E-state index contributed by atoms with van der Waals surface area (Å²) in [7, 11) is 4.58. The van der Waals surface area contributed by atoms with Gasteiger partial charge in [0.25, 0.3) is 0 Å². The molecule has 2 aromatic rings. The van der Waals surface area contributed by atoms with Gasteiger partial charge in [-0.25, -0.2) is 0 Å². The number of carbonyl (C=O) groups is 2. The highest BCUT2D eigenvalue weighted by Crippen LogP contribution is 2.31. The van der Waals surface area contributed by atoms with Gasteiger partial charge in [-0.05, 0) is 50.4 Å². The first kappa shape index (κ1) is 24.0. The molecule has 4 rings (SSSR count). The van der Waals surface area contributed by atoms with Crippen molar-refractivity contribution in [3.05, 3.63) is 24.1 Å². The third-order valence-electron chi connectivity index (χ3n) is 6.66. The summed E-state index contributed by atoms with van der Waals surface area (Å²) in [5.74, 6) is 2.05. The number of likely N-dealkylation sites (tertiary alicyclic amines) is 2. The van der Waals surface area contributed by atoms with Gasteiger partial charge in [0, 0.05) is 25.2 Å². The Hall–Kier alpha value is -3.14. The molecule has 0 radical (unpaired) electrons. The van der Waals surface area contributed by atoms with Gasteiger partial charge in [0.2, 0.25) is 17.6 Å². The minimum atomic E-state index is -0.178. The maximum absolute atomic E-state index is 13.1. The third-order valence-corrected chi connectivity index (χ3v) is 6.66. The first-order valence-corrected chi connectivity index (χ1v) is 11.7. The Morgan fingerprint density at radius 2 is 1.79 bits per heavy atom. The van der Waals surface area contributed by atoms with Crippen molar-refractivity contribution in [1.29, 1.82) is 0 Å². The van der Waals surface area contributed by atoms with Crippen LogP contribution < -0.4 is 9.47 Å². The van der Waals surface area contributed by atoms with Crippen molar-refractivity contribution >= 4 is 11.9 Å². The van der Waals surface area contributed by atoms with Crippen LogP contribution in [-0.4, -0.2) is 79.3 Å². The van der Waals surface area contributed by atoms with E-state index in [-0.39, 0.29) is 23.7 Å². The topological polar surface area (TPSA) is 107 Å². The summed E-state index contributed by atoms with van der Waals surface area (Å²) >= 11 is 0. The van der Waals surface area contributed by atoms with Gasteiger partial charge in [-0.15, -0.1) is 0 Å². The van der Waals surface area contributed by atoms with Gasteiger partial charge in [0.1, 0.15) is 0 Å². The molecule has 34 heavy (non-hydrogen) atoms. The van der Waals surface area contributed by atoms with E-state index in [0.717, 1.165) is 24.9 Å². The smallest absolute Gasteiger partial charge is 0.308 e. The van der Waals surface area contributed by atoms with Crippen LogP contribution >= 0.6 is 0 Å². The van der Waals surface area contributed by atoms with E-state index in [0.29, 0.717) is 62.2 Å². The lowest BCUT2D eigenvalue weighted by atomic mass is 9.93. The number of ether oxygens (including phenoxy) is 3. The van der Waals surface area contributed by atoms with Crippen LogP contribution in [0.3, 0.4) is 0 Å². The Morgan fingerprint density at radius 1 is 1.03 bits per heavy atom. The second-order valence-corrected chi connectivity index (χ2v) is 8.78. The maximum Gasteiger partial charge on any atom is 0.308 e. The molecule has 2 fully saturated rings. The lowest BCUT2D eigenvalue weighted by molar-refractivity contribution is -0.150. The first-order valence-electron chi connectivity index (χ1n) is 11.7. The zero-order chi connectivity index (χ0) is 24.1. The molecule has 1 amide bonds. The first-order chi connectivity index (χ1) is 16.5. The highest BCUT2D eigenvalue weighted by Gasteiger charge is 2.33. The zero-order valence-corrected chi connectivity index (χ0v) is 20.0. The van der Waals surface area contributed by atoms with Crippen molar-refractivity contribution in [2.24, 2.45) is 11.8 Å². The number of piperidine rings is 2. The molecular formula is C24H32N4O6. The summed E-state index contributed by atoms with van der Waals surface area (Å²) in [6.07, 6.45) is 3.13. The van der Waals surface area contributed by atoms with Gasteiger partial charge < -0.3 is 23.6 Å². The largest absolute Gasteiger partial charge is 0.493 e. The molecular weight excluding hydrogens is 440 g/mol. The molecule has 0 N–H and O–H groups in total. The van der Waals surface area contributed by atoms with Crippen LogP contribution in [0.4, 0.5) is 0 Å². The van der Waals surface area contributed by atoms with E-state index in [1.54, 1.807) is 20.3 Å². The molecule has 0 bridgehead atoms. The molecule has 10 nitrogen and oxygen atoms in total. The number of esters is 1. The maximum atomic E-state index is 13.1. The fourth-order valence-electron chi connectivity index (χ4n) is 4.76. The van der Waals surface area contributed by atoms with Crippen LogP contribution in [0.5, 0.6) is 11.5 Å². The number of benzene rings is 1. The summed E-state index contributed by atoms with van der Waals surface area (Å²) in [5.41, 5.74) is 0.773. The van der Waals surface area contributed by atoms with Crippen LogP contribution in [0.15, 0.2) is 22.7 Å². The highest BCUT2D eigenvalue weighted by molar-refractivity contribution is 5.80. The third kappa shape index (κ3) is 5.32. The van der Waals surface area contributed by atoms with E-state index >= 15 is 0 Å². The van der Waals surface area contributed by atoms with Crippen LogP contribution in [0.25, 0.3) is 11.4 Å². The van der Waals surface area contributed by atoms with Crippen molar-refractivity contribution < 1.29 is 28.3 Å². The van der Waals surface area contributed by atoms with Gasteiger partial charge in [-0.1, -0.05) is 5.16 Å². The van der Waals surface area contributed by atoms with Crippen molar-refractivity contribution in [3.63, 3.8) is 0 Å². The summed E-state index contributed by atoms with van der Waals surface area (Å²) in [4.78, 5) is 33.5.